The van der Waals surface area contributed by atoms with Crippen LogP contribution in [-0.2, 0) is 4.74 Å². The van der Waals surface area contributed by atoms with Crippen molar-refractivity contribution < 1.29 is 33.8 Å². The smallest absolute Gasteiger partial charge is 0.273 e. The average molecular weight is 523 g/mol. The summed E-state index contributed by atoms with van der Waals surface area (Å²) in [6, 6.07) is 10.5. The Kier molecular flexibility index (Phi) is 7.47. The summed E-state index contributed by atoms with van der Waals surface area (Å²) in [5.74, 6) is -1.02. The zero-order valence-electron chi connectivity index (χ0n) is 20.8. The standard InChI is InChI=1S/C27H30N4O7/c28-26(34)16-1-3-20(4-2-16)37-23-14-19(32)13-22(33)25(23)24-15-21(30-38-24)27(35)29-17-5-9-31(10-6-17)18-7-11-36-12-8-18/h1-4,13-15,17-18,32-33H,5-12H2,(H2,28,34)(H,29,35). The highest BCUT2D eigenvalue weighted by Crippen LogP contribution is 2.43. The van der Waals surface area contributed by atoms with Gasteiger partial charge in [0.15, 0.2) is 11.5 Å². The number of hydrogen-bond acceptors (Lipinski definition) is 9. The summed E-state index contributed by atoms with van der Waals surface area (Å²) < 4.78 is 16.7. The van der Waals surface area contributed by atoms with E-state index < -0.39 is 5.91 Å². The first-order chi connectivity index (χ1) is 18.4. The quantitative estimate of drug-likeness (QED) is 0.366. The maximum Gasteiger partial charge on any atom is 0.273 e. The molecule has 2 aromatic carbocycles. The van der Waals surface area contributed by atoms with Crippen molar-refractivity contribution in [2.45, 2.75) is 37.8 Å². The Balaban J connectivity index is 1.27. The van der Waals surface area contributed by atoms with Crippen LogP contribution in [0.4, 0.5) is 0 Å². The number of benzene rings is 2. The largest absolute Gasteiger partial charge is 0.508 e. The van der Waals surface area contributed by atoms with Crippen molar-refractivity contribution in [3.05, 3.63) is 53.7 Å². The number of likely N-dealkylation sites (tertiary alicyclic amines) is 1. The van der Waals surface area contributed by atoms with Crippen LogP contribution in [0, 0.1) is 0 Å². The van der Waals surface area contributed by atoms with Gasteiger partial charge >= 0.3 is 0 Å². The van der Waals surface area contributed by atoms with Crippen LogP contribution < -0.4 is 15.8 Å². The van der Waals surface area contributed by atoms with Crippen molar-refractivity contribution in [3.63, 3.8) is 0 Å². The number of aromatic nitrogens is 1. The van der Waals surface area contributed by atoms with Gasteiger partial charge < -0.3 is 40.2 Å². The molecule has 11 nitrogen and oxygen atoms in total. The fourth-order valence-electron chi connectivity index (χ4n) is 4.95. The van der Waals surface area contributed by atoms with E-state index in [1.54, 1.807) is 0 Å². The second-order valence-electron chi connectivity index (χ2n) is 9.53. The number of ether oxygens (including phenoxy) is 2. The summed E-state index contributed by atoms with van der Waals surface area (Å²) in [7, 11) is 0. The number of carbonyl (C=O) groups excluding carboxylic acids is 2. The third-order valence-corrected chi connectivity index (χ3v) is 6.99. The number of carbonyl (C=O) groups is 2. The lowest BCUT2D eigenvalue weighted by atomic mass is 9.99. The number of phenolic OH excluding ortho intramolecular Hbond substituents is 2. The van der Waals surface area contributed by atoms with Gasteiger partial charge in [-0.15, -0.1) is 0 Å². The molecule has 0 aliphatic carbocycles. The van der Waals surface area contributed by atoms with Crippen molar-refractivity contribution in [1.82, 2.24) is 15.4 Å². The van der Waals surface area contributed by atoms with E-state index in [2.05, 4.69) is 15.4 Å². The Morgan fingerprint density at radius 1 is 1.03 bits per heavy atom. The molecule has 38 heavy (non-hydrogen) atoms. The van der Waals surface area contributed by atoms with E-state index in [0.29, 0.717) is 17.4 Å². The highest BCUT2D eigenvalue weighted by atomic mass is 16.5. The monoisotopic (exact) mass is 522 g/mol. The molecule has 0 radical (unpaired) electrons. The summed E-state index contributed by atoms with van der Waals surface area (Å²) in [5, 5.41) is 27.5. The molecule has 2 fully saturated rings. The average Bonchev–Trinajstić information content (AvgIpc) is 3.39. The van der Waals surface area contributed by atoms with Gasteiger partial charge in [0.05, 0.1) is 0 Å². The minimum absolute atomic E-state index is 0.0306. The topological polar surface area (TPSA) is 160 Å². The van der Waals surface area contributed by atoms with E-state index in [0.717, 1.165) is 58.1 Å². The molecule has 2 saturated heterocycles. The Morgan fingerprint density at radius 3 is 2.42 bits per heavy atom. The molecule has 2 aliphatic rings. The predicted molar refractivity (Wildman–Crippen MR) is 136 cm³/mol. The molecule has 2 amide bonds. The first kappa shape index (κ1) is 25.6. The predicted octanol–water partition coefficient (Wildman–Crippen LogP) is 3.02. The van der Waals surface area contributed by atoms with Crippen LogP contribution >= 0.6 is 0 Å². The van der Waals surface area contributed by atoms with E-state index in [9.17, 15) is 19.8 Å². The number of nitrogens with two attached hydrogens (primary N) is 1. The van der Waals surface area contributed by atoms with Crippen molar-refractivity contribution in [2.75, 3.05) is 26.3 Å². The van der Waals surface area contributed by atoms with Crippen LogP contribution in [0.25, 0.3) is 11.3 Å². The molecular weight excluding hydrogens is 492 g/mol. The lowest BCUT2D eigenvalue weighted by molar-refractivity contribution is 0.0238. The van der Waals surface area contributed by atoms with E-state index in [1.807, 2.05) is 0 Å². The molecule has 0 spiro atoms. The van der Waals surface area contributed by atoms with Crippen molar-refractivity contribution in [3.8, 4) is 34.3 Å². The highest BCUT2D eigenvalue weighted by molar-refractivity contribution is 5.94. The first-order valence-corrected chi connectivity index (χ1v) is 12.6. The minimum atomic E-state index is -0.579. The molecule has 3 aromatic rings. The van der Waals surface area contributed by atoms with Gasteiger partial charge in [-0.2, -0.15) is 0 Å². The maximum absolute atomic E-state index is 12.9. The Morgan fingerprint density at radius 2 is 1.74 bits per heavy atom. The molecule has 0 atom stereocenters. The van der Waals surface area contributed by atoms with E-state index in [-0.39, 0.29) is 46.2 Å². The molecule has 5 rings (SSSR count). The van der Waals surface area contributed by atoms with Crippen LogP contribution in [0.5, 0.6) is 23.0 Å². The number of primary amides is 1. The molecule has 1 aromatic heterocycles. The Bertz CT molecular complexity index is 1290. The van der Waals surface area contributed by atoms with Crippen LogP contribution in [0.3, 0.4) is 0 Å². The maximum atomic E-state index is 12.9. The third-order valence-electron chi connectivity index (χ3n) is 6.99. The van der Waals surface area contributed by atoms with E-state index in [1.165, 1.54) is 36.4 Å². The van der Waals surface area contributed by atoms with Gasteiger partial charge in [-0.25, -0.2) is 0 Å². The molecule has 0 unspecified atom stereocenters. The SMILES string of the molecule is NC(=O)c1ccc(Oc2cc(O)cc(O)c2-c2cc(C(=O)NC3CCN(C4CCOCC4)CC3)no2)cc1. The number of piperidine rings is 1. The van der Waals surface area contributed by atoms with E-state index >= 15 is 0 Å². The number of nitrogens with one attached hydrogen (secondary N) is 1. The van der Waals surface area contributed by atoms with Gasteiger partial charge in [0.2, 0.25) is 5.91 Å². The Hall–Kier alpha value is -4.09. The van der Waals surface area contributed by atoms with Gasteiger partial charge in [-0.3, -0.25) is 9.59 Å². The van der Waals surface area contributed by atoms with Gasteiger partial charge in [0.1, 0.15) is 28.6 Å². The number of aromatic hydroxyl groups is 2. The zero-order chi connectivity index (χ0) is 26.6. The zero-order valence-corrected chi connectivity index (χ0v) is 20.8. The fraction of sp³-hybridized carbons (Fsp3) is 0.370. The van der Waals surface area contributed by atoms with Gasteiger partial charge in [-0.1, -0.05) is 5.16 Å². The molecule has 3 heterocycles. The molecule has 200 valence electrons. The second kappa shape index (κ2) is 11.1. The summed E-state index contributed by atoms with van der Waals surface area (Å²) in [4.78, 5) is 26.7. The van der Waals surface area contributed by atoms with Crippen molar-refractivity contribution >= 4 is 11.8 Å². The number of hydrogen-bond donors (Lipinski definition) is 4. The van der Waals surface area contributed by atoms with Crippen LogP contribution in [-0.4, -0.2) is 70.5 Å². The summed E-state index contributed by atoms with van der Waals surface area (Å²) in [6.45, 7) is 3.45. The van der Waals surface area contributed by atoms with Crippen LogP contribution in [0.2, 0.25) is 0 Å². The third kappa shape index (κ3) is 5.74. The van der Waals surface area contributed by atoms with Gasteiger partial charge in [0.25, 0.3) is 5.91 Å². The summed E-state index contributed by atoms with van der Waals surface area (Å²) in [5.41, 5.74) is 5.75. The van der Waals surface area contributed by atoms with E-state index in [4.69, 9.17) is 19.7 Å². The number of amides is 2. The normalized spacial score (nSPS) is 17.3. The summed E-state index contributed by atoms with van der Waals surface area (Å²) in [6.07, 6.45) is 3.79. The van der Waals surface area contributed by atoms with Crippen LogP contribution in [0.15, 0.2) is 47.0 Å². The molecule has 5 N–H and O–H groups in total. The number of nitrogens with zero attached hydrogens (tertiary/aromatic N) is 2. The second-order valence-corrected chi connectivity index (χ2v) is 9.53. The summed E-state index contributed by atoms with van der Waals surface area (Å²) >= 11 is 0. The number of phenols is 2. The molecule has 0 bridgehead atoms. The van der Waals surface area contributed by atoms with Gasteiger partial charge in [0, 0.05) is 62.1 Å². The lowest BCUT2D eigenvalue weighted by Gasteiger charge is -2.39. The molecule has 11 heteroatoms. The fourth-order valence-corrected chi connectivity index (χ4v) is 4.95. The van der Waals surface area contributed by atoms with Crippen molar-refractivity contribution in [2.24, 2.45) is 5.73 Å². The van der Waals surface area contributed by atoms with Gasteiger partial charge in [-0.05, 0) is 49.9 Å². The van der Waals surface area contributed by atoms with Crippen LogP contribution in [0.1, 0.15) is 46.5 Å². The Labute approximate surface area is 219 Å². The first-order valence-electron chi connectivity index (χ1n) is 12.6. The lowest BCUT2D eigenvalue weighted by Crippen LogP contribution is -2.49. The number of rotatable bonds is 7. The minimum Gasteiger partial charge on any atom is -0.508 e. The molecule has 0 saturated carbocycles. The molecule has 2 aliphatic heterocycles. The highest BCUT2D eigenvalue weighted by Gasteiger charge is 2.28. The van der Waals surface area contributed by atoms with Crippen molar-refractivity contribution in [1.29, 1.82) is 0 Å². The molecular formula is C27H30N4O7.